The Bertz CT molecular complexity index is 717. The fourth-order valence-corrected chi connectivity index (χ4v) is 3.27. The Kier molecular flexibility index (Phi) is 6.09. The number of esters is 1. The first kappa shape index (κ1) is 18.2. The first-order valence-electron chi connectivity index (χ1n) is 9.30. The number of H-pyrrole nitrogens is 1. The second kappa shape index (κ2) is 8.69. The zero-order chi connectivity index (χ0) is 18.4. The summed E-state index contributed by atoms with van der Waals surface area (Å²) in [6, 6.07) is 7.88. The van der Waals surface area contributed by atoms with Gasteiger partial charge in [-0.15, -0.1) is 0 Å². The maximum atomic E-state index is 12.2. The summed E-state index contributed by atoms with van der Waals surface area (Å²) in [5.74, 6) is 0.723. The Hall–Kier alpha value is -2.57. The number of aromatic nitrogens is 2. The van der Waals surface area contributed by atoms with Gasteiger partial charge in [-0.2, -0.15) is 0 Å². The minimum Gasteiger partial charge on any atom is -0.466 e. The van der Waals surface area contributed by atoms with Crippen LogP contribution in [0.4, 0.5) is 4.79 Å². The molecule has 7 nitrogen and oxygen atoms in total. The van der Waals surface area contributed by atoms with Gasteiger partial charge in [0.25, 0.3) is 0 Å². The monoisotopic (exact) mass is 358 g/mol. The molecule has 2 heterocycles. The number of urea groups is 1. The molecule has 0 atom stereocenters. The van der Waals surface area contributed by atoms with Gasteiger partial charge in [-0.1, -0.05) is 12.1 Å². The van der Waals surface area contributed by atoms with Crippen LogP contribution in [0.1, 0.15) is 32.0 Å². The van der Waals surface area contributed by atoms with Crippen molar-refractivity contribution >= 4 is 23.0 Å². The lowest BCUT2D eigenvalue weighted by atomic mass is 9.97. The van der Waals surface area contributed by atoms with Crippen LogP contribution in [0, 0.1) is 5.92 Å². The van der Waals surface area contributed by atoms with Gasteiger partial charge in [0.2, 0.25) is 0 Å². The molecule has 140 valence electrons. The van der Waals surface area contributed by atoms with Crippen LogP contribution in [-0.4, -0.2) is 53.1 Å². The highest BCUT2D eigenvalue weighted by Gasteiger charge is 2.27. The fourth-order valence-electron chi connectivity index (χ4n) is 3.27. The van der Waals surface area contributed by atoms with Gasteiger partial charge in [0.15, 0.2) is 0 Å². The molecule has 0 bridgehead atoms. The van der Waals surface area contributed by atoms with Crippen LogP contribution in [0.25, 0.3) is 11.0 Å². The number of carbonyl (C=O) groups excluding carboxylic acids is 2. The molecule has 1 aliphatic heterocycles. The Morgan fingerprint density at radius 2 is 2.08 bits per heavy atom. The number of fused-ring (bicyclic) bond motifs is 1. The van der Waals surface area contributed by atoms with Crippen LogP contribution in [0.15, 0.2) is 24.3 Å². The van der Waals surface area contributed by atoms with Gasteiger partial charge < -0.3 is 19.9 Å². The molecule has 0 saturated carbocycles. The van der Waals surface area contributed by atoms with E-state index in [1.54, 1.807) is 4.90 Å². The van der Waals surface area contributed by atoms with Gasteiger partial charge in [-0.25, -0.2) is 9.78 Å². The molecule has 0 unspecified atom stereocenters. The average Bonchev–Trinajstić information content (AvgIpc) is 3.08. The van der Waals surface area contributed by atoms with Crippen molar-refractivity contribution in [3.05, 3.63) is 30.1 Å². The van der Waals surface area contributed by atoms with Crippen LogP contribution in [-0.2, 0) is 16.0 Å². The zero-order valence-corrected chi connectivity index (χ0v) is 15.2. The van der Waals surface area contributed by atoms with Crippen LogP contribution < -0.4 is 5.32 Å². The molecule has 0 radical (unpaired) electrons. The molecule has 0 aliphatic carbocycles. The smallest absolute Gasteiger partial charge is 0.317 e. The Labute approximate surface area is 153 Å². The van der Waals surface area contributed by atoms with Crippen LogP contribution >= 0.6 is 0 Å². The predicted octanol–water partition coefficient (Wildman–Crippen LogP) is 2.48. The van der Waals surface area contributed by atoms with Crippen molar-refractivity contribution in [1.29, 1.82) is 0 Å². The molecule has 26 heavy (non-hydrogen) atoms. The van der Waals surface area contributed by atoms with E-state index in [2.05, 4.69) is 15.3 Å². The molecule has 1 aromatic heterocycles. The summed E-state index contributed by atoms with van der Waals surface area (Å²) in [5.41, 5.74) is 2.01. The number of nitrogens with one attached hydrogen (secondary N) is 2. The van der Waals surface area contributed by atoms with E-state index >= 15 is 0 Å². The lowest BCUT2D eigenvalue weighted by Crippen LogP contribution is -2.45. The fraction of sp³-hybridized carbons (Fsp3) is 0.526. The minimum absolute atomic E-state index is 0.0584. The third kappa shape index (κ3) is 4.53. The number of hydrogen-bond donors (Lipinski definition) is 2. The SMILES string of the molecule is CCOC(=O)C1CCN(C(=O)NCCCc2nc3ccccc3[nH]2)CC1. The predicted molar refractivity (Wildman–Crippen MR) is 98.7 cm³/mol. The van der Waals surface area contributed by atoms with Gasteiger partial charge in [0.05, 0.1) is 23.6 Å². The topological polar surface area (TPSA) is 87.3 Å². The molecule has 2 N–H and O–H groups in total. The number of nitrogens with zero attached hydrogens (tertiary/aromatic N) is 2. The second-order valence-electron chi connectivity index (χ2n) is 6.55. The van der Waals surface area contributed by atoms with Crippen molar-refractivity contribution in [2.45, 2.75) is 32.6 Å². The van der Waals surface area contributed by atoms with Crippen molar-refractivity contribution in [1.82, 2.24) is 20.2 Å². The van der Waals surface area contributed by atoms with Gasteiger partial charge in [0, 0.05) is 26.1 Å². The molecule has 1 fully saturated rings. The first-order chi connectivity index (χ1) is 12.7. The van der Waals surface area contributed by atoms with Crippen molar-refractivity contribution in [2.24, 2.45) is 5.92 Å². The number of amides is 2. The van der Waals surface area contributed by atoms with Crippen molar-refractivity contribution in [2.75, 3.05) is 26.2 Å². The lowest BCUT2D eigenvalue weighted by molar-refractivity contribution is -0.149. The number of para-hydroxylation sites is 2. The van der Waals surface area contributed by atoms with E-state index in [1.165, 1.54) is 0 Å². The van der Waals surface area contributed by atoms with Crippen molar-refractivity contribution in [3.63, 3.8) is 0 Å². The maximum Gasteiger partial charge on any atom is 0.317 e. The number of imidazole rings is 1. The van der Waals surface area contributed by atoms with E-state index < -0.39 is 0 Å². The molecular formula is C19H26N4O3. The number of hydrogen-bond acceptors (Lipinski definition) is 4. The van der Waals surface area contributed by atoms with Gasteiger partial charge in [0.1, 0.15) is 5.82 Å². The molecule has 7 heteroatoms. The molecule has 1 aromatic carbocycles. The van der Waals surface area contributed by atoms with Gasteiger partial charge >= 0.3 is 12.0 Å². The highest BCUT2D eigenvalue weighted by molar-refractivity contribution is 5.76. The standard InChI is InChI=1S/C19H26N4O3/c1-2-26-18(24)14-9-12-23(13-10-14)19(25)20-11-5-8-17-21-15-6-3-4-7-16(15)22-17/h3-4,6-7,14H,2,5,8-13H2,1H3,(H,20,25)(H,21,22). The molecule has 2 amide bonds. The van der Waals surface area contributed by atoms with Gasteiger partial charge in [-0.3, -0.25) is 4.79 Å². The maximum absolute atomic E-state index is 12.2. The molecule has 0 spiro atoms. The normalized spacial score (nSPS) is 15.2. The summed E-state index contributed by atoms with van der Waals surface area (Å²) < 4.78 is 5.05. The Morgan fingerprint density at radius 1 is 1.31 bits per heavy atom. The van der Waals surface area contributed by atoms with E-state index in [-0.39, 0.29) is 17.9 Å². The molecule has 1 saturated heterocycles. The molecular weight excluding hydrogens is 332 g/mol. The molecule has 1 aliphatic rings. The van der Waals surface area contributed by atoms with Crippen molar-refractivity contribution < 1.29 is 14.3 Å². The average molecular weight is 358 g/mol. The van der Waals surface area contributed by atoms with Crippen molar-refractivity contribution in [3.8, 4) is 0 Å². The zero-order valence-electron chi connectivity index (χ0n) is 15.2. The van der Waals surface area contributed by atoms with E-state index in [0.29, 0.717) is 39.1 Å². The molecule has 2 aromatic rings. The number of rotatable bonds is 6. The summed E-state index contributed by atoms with van der Waals surface area (Å²) in [5, 5.41) is 2.95. The van der Waals surface area contributed by atoms with Crippen LogP contribution in [0.5, 0.6) is 0 Å². The number of benzene rings is 1. The van der Waals surface area contributed by atoms with Crippen LogP contribution in [0.2, 0.25) is 0 Å². The number of carbonyl (C=O) groups is 2. The molecule has 3 rings (SSSR count). The third-order valence-corrected chi connectivity index (χ3v) is 4.71. The van der Waals surface area contributed by atoms with E-state index in [0.717, 1.165) is 29.7 Å². The summed E-state index contributed by atoms with van der Waals surface area (Å²) in [6.07, 6.45) is 2.96. The summed E-state index contributed by atoms with van der Waals surface area (Å²) >= 11 is 0. The quantitative estimate of drug-likeness (QED) is 0.613. The summed E-state index contributed by atoms with van der Waals surface area (Å²) in [7, 11) is 0. The number of ether oxygens (including phenoxy) is 1. The van der Waals surface area contributed by atoms with Crippen LogP contribution in [0.3, 0.4) is 0 Å². The second-order valence-corrected chi connectivity index (χ2v) is 6.55. The highest BCUT2D eigenvalue weighted by Crippen LogP contribution is 2.18. The first-order valence-corrected chi connectivity index (χ1v) is 9.30. The number of aryl methyl sites for hydroxylation is 1. The van der Waals surface area contributed by atoms with E-state index in [4.69, 9.17) is 4.74 Å². The Morgan fingerprint density at radius 3 is 2.81 bits per heavy atom. The lowest BCUT2D eigenvalue weighted by Gasteiger charge is -2.30. The highest BCUT2D eigenvalue weighted by atomic mass is 16.5. The number of aromatic amines is 1. The number of piperidine rings is 1. The minimum atomic E-state index is -0.140. The summed E-state index contributed by atoms with van der Waals surface area (Å²) in [6.45, 7) is 4.02. The largest absolute Gasteiger partial charge is 0.466 e. The van der Waals surface area contributed by atoms with E-state index in [1.807, 2.05) is 31.2 Å². The van der Waals surface area contributed by atoms with Gasteiger partial charge in [-0.05, 0) is 38.3 Å². The summed E-state index contributed by atoms with van der Waals surface area (Å²) in [4.78, 5) is 33.6. The van der Waals surface area contributed by atoms with E-state index in [9.17, 15) is 9.59 Å². The number of likely N-dealkylation sites (tertiary alicyclic amines) is 1. The third-order valence-electron chi connectivity index (χ3n) is 4.71. The Balaban J connectivity index is 1.36.